The standard InChI is InChI=1S/C32H30N2O2S/c1-37(36)20-19-34-17-15-23(16-18-34)29-21-24-12-13-27-26-10-6-5-7-22(26)11-14-28(27)30(24)32(35)31(29)33-25-8-3-2-4-9-25/h2-6,8-13,15-17,33H,7,14,18-21H2,1H3. The van der Waals surface area contributed by atoms with Crippen LogP contribution in [0.25, 0.3) is 5.57 Å². The molecule has 186 valence electrons. The van der Waals surface area contributed by atoms with Crippen LogP contribution in [0.4, 0.5) is 5.69 Å². The van der Waals surface area contributed by atoms with E-state index in [4.69, 9.17) is 0 Å². The molecule has 1 unspecified atom stereocenters. The van der Waals surface area contributed by atoms with Crippen molar-refractivity contribution in [3.05, 3.63) is 130 Å². The summed E-state index contributed by atoms with van der Waals surface area (Å²) in [7, 11) is -0.814. The summed E-state index contributed by atoms with van der Waals surface area (Å²) in [5.41, 5.74) is 10.6. The molecule has 2 aromatic carbocycles. The third kappa shape index (κ3) is 4.60. The minimum absolute atomic E-state index is 0.0684. The summed E-state index contributed by atoms with van der Waals surface area (Å²) in [4.78, 5) is 16.4. The van der Waals surface area contributed by atoms with Gasteiger partial charge in [-0.15, -0.1) is 0 Å². The van der Waals surface area contributed by atoms with E-state index in [1.807, 2.05) is 30.3 Å². The van der Waals surface area contributed by atoms with Crippen molar-refractivity contribution in [1.82, 2.24) is 4.90 Å². The third-order valence-corrected chi connectivity index (χ3v) is 8.27. The van der Waals surface area contributed by atoms with Gasteiger partial charge in [0.25, 0.3) is 0 Å². The Hall–Kier alpha value is -3.70. The van der Waals surface area contributed by atoms with Crippen LogP contribution in [0.2, 0.25) is 0 Å². The molecule has 1 N–H and O–H groups in total. The smallest absolute Gasteiger partial charge is 0.210 e. The number of nitrogens with one attached hydrogen (secondary N) is 1. The predicted octanol–water partition coefficient (Wildman–Crippen LogP) is 5.75. The molecule has 0 amide bonds. The van der Waals surface area contributed by atoms with E-state index in [0.29, 0.717) is 17.9 Å². The van der Waals surface area contributed by atoms with E-state index in [0.717, 1.165) is 59.5 Å². The largest absolute Gasteiger partial charge is 0.373 e. The van der Waals surface area contributed by atoms with Gasteiger partial charge in [0.1, 0.15) is 0 Å². The van der Waals surface area contributed by atoms with Gasteiger partial charge >= 0.3 is 0 Å². The van der Waals surface area contributed by atoms with Crippen LogP contribution in [0.15, 0.2) is 108 Å². The first kappa shape index (κ1) is 23.7. The van der Waals surface area contributed by atoms with Gasteiger partial charge in [-0.3, -0.25) is 9.00 Å². The number of ketones is 1. The molecule has 4 aliphatic rings. The van der Waals surface area contributed by atoms with E-state index in [-0.39, 0.29) is 5.78 Å². The molecule has 0 saturated carbocycles. The van der Waals surface area contributed by atoms with Crippen molar-refractivity contribution < 1.29 is 9.00 Å². The molecular formula is C32H30N2O2S. The maximum atomic E-state index is 14.3. The van der Waals surface area contributed by atoms with Crippen LogP contribution in [-0.2, 0) is 23.6 Å². The quantitative estimate of drug-likeness (QED) is 0.542. The van der Waals surface area contributed by atoms with E-state index in [1.165, 1.54) is 16.7 Å². The van der Waals surface area contributed by atoms with Gasteiger partial charge < -0.3 is 10.2 Å². The molecule has 0 bridgehead atoms. The average Bonchev–Trinajstić information content (AvgIpc) is 2.93. The molecule has 2 aromatic rings. The number of fused-ring (bicyclic) bond motifs is 5. The number of rotatable bonds is 6. The maximum absolute atomic E-state index is 14.3. The monoisotopic (exact) mass is 506 g/mol. The molecule has 0 radical (unpaired) electrons. The zero-order chi connectivity index (χ0) is 25.4. The molecule has 4 nitrogen and oxygen atoms in total. The second-order valence-electron chi connectivity index (χ2n) is 9.87. The van der Waals surface area contributed by atoms with Crippen molar-refractivity contribution in [3.8, 4) is 0 Å². The number of carbonyl (C=O) groups excluding carboxylic acids is 1. The first-order valence-electron chi connectivity index (χ1n) is 12.8. The highest BCUT2D eigenvalue weighted by molar-refractivity contribution is 7.84. The van der Waals surface area contributed by atoms with E-state index in [2.05, 4.69) is 65.0 Å². The number of Topliss-reactive ketones (excluding diaryl/α,β-unsaturated/α-hetero) is 1. The summed E-state index contributed by atoms with van der Waals surface area (Å²) < 4.78 is 11.5. The number of carbonyl (C=O) groups is 1. The lowest BCUT2D eigenvalue weighted by Crippen LogP contribution is -2.28. The van der Waals surface area contributed by atoms with Gasteiger partial charge in [0, 0.05) is 53.6 Å². The molecule has 3 aliphatic carbocycles. The maximum Gasteiger partial charge on any atom is 0.210 e. The van der Waals surface area contributed by atoms with Gasteiger partial charge in [-0.1, -0.05) is 60.7 Å². The molecular weight excluding hydrogens is 476 g/mol. The van der Waals surface area contributed by atoms with Crippen LogP contribution in [-0.4, -0.2) is 40.0 Å². The Morgan fingerprint density at radius 2 is 1.92 bits per heavy atom. The van der Waals surface area contributed by atoms with E-state index >= 15 is 0 Å². The Labute approximate surface area is 220 Å². The predicted molar refractivity (Wildman–Crippen MR) is 153 cm³/mol. The van der Waals surface area contributed by atoms with Crippen LogP contribution in [0, 0.1) is 0 Å². The minimum atomic E-state index is -0.814. The zero-order valence-corrected chi connectivity index (χ0v) is 21.8. The third-order valence-electron chi connectivity index (χ3n) is 7.52. The van der Waals surface area contributed by atoms with Crippen LogP contribution < -0.4 is 5.32 Å². The van der Waals surface area contributed by atoms with Gasteiger partial charge in [0.15, 0.2) is 0 Å². The van der Waals surface area contributed by atoms with Gasteiger partial charge in [0.2, 0.25) is 5.78 Å². The molecule has 0 aromatic heterocycles. The van der Waals surface area contributed by atoms with Crippen molar-refractivity contribution in [2.24, 2.45) is 0 Å². The molecule has 37 heavy (non-hydrogen) atoms. The van der Waals surface area contributed by atoms with Gasteiger partial charge in [-0.2, -0.15) is 0 Å². The number of nitrogens with zero attached hydrogens (tertiary/aromatic N) is 1. The molecule has 0 fully saturated rings. The molecule has 1 heterocycles. The van der Waals surface area contributed by atoms with Crippen LogP contribution in [0.3, 0.4) is 0 Å². The lowest BCUT2D eigenvalue weighted by Gasteiger charge is -2.31. The lowest BCUT2D eigenvalue weighted by molar-refractivity contribution is 0.103. The molecule has 1 atom stereocenters. The highest BCUT2D eigenvalue weighted by Gasteiger charge is 2.32. The highest BCUT2D eigenvalue weighted by atomic mass is 32.2. The van der Waals surface area contributed by atoms with Crippen molar-refractivity contribution in [3.63, 3.8) is 0 Å². The summed E-state index contributed by atoms with van der Waals surface area (Å²) in [5.74, 6) is 0.718. The summed E-state index contributed by atoms with van der Waals surface area (Å²) >= 11 is 0. The summed E-state index contributed by atoms with van der Waals surface area (Å²) in [6.45, 7) is 1.50. The first-order valence-corrected chi connectivity index (χ1v) is 14.6. The fourth-order valence-corrected chi connectivity index (χ4v) is 6.09. The summed E-state index contributed by atoms with van der Waals surface area (Å²) in [6, 6.07) is 14.3. The lowest BCUT2D eigenvalue weighted by atomic mass is 9.75. The number of benzene rings is 2. The van der Waals surface area contributed by atoms with Gasteiger partial charge in [0.05, 0.1) is 5.70 Å². The second-order valence-corrected chi connectivity index (χ2v) is 11.4. The Morgan fingerprint density at radius 3 is 2.70 bits per heavy atom. The zero-order valence-electron chi connectivity index (χ0n) is 21.0. The van der Waals surface area contributed by atoms with E-state index in [1.54, 1.807) is 6.26 Å². The Kier molecular flexibility index (Phi) is 6.39. The Balaban J connectivity index is 1.40. The molecule has 1 aliphatic heterocycles. The van der Waals surface area contributed by atoms with Crippen molar-refractivity contribution in [2.75, 3.05) is 30.4 Å². The van der Waals surface area contributed by atoms with Crippen LogP contribution in [0.5, 0.6) is 0 Å². The number of anilines is 1. The van der Waals surface area contributed by atoms with E-state index < -0.39 is 10.8 Å². The fourth-order valence-electron chi connectivity index (χ4n) is 5.60. The summed E-state index contributed by atoms with van der Waals surface area (Å²) in [5, 5.41) is 3.49. The number of hydrogen-bond acceptors (Lipinski definition) is 4. The van der Waals surface area contributed by atoms with Gasteiger partial charge in [-0.25, -0.2) is 0 Å². The fraction of sp³-hybridized carbons (Fsp3) is 0.219. The molecule has 0 saturated heterocycles. The number of allylic oxidation sites excluding steroid dienone is 10. The van der Waals surface area contributed by atoms with E-state index in [9.17, 15) is 9.00 Å². The second kappa shape index (κ2) is 9.98. The Bertz CT molecular complexity index is 1490. The SMILES string of the molecule is CS(=O)CCN1C=CC(C2=C(Nc3ccccc3)C(=O)c3c(ccc4c3CC=C3CC=CC=C34)C2)=CC1. The highest BCUT2D eigenvalue weighted by Crippen LogP contribution is 2.41. The minimum Gasteiger partial charge on any atom is -0.373 e. The van der Waals surface area contributed by atoms with Gasteiger partial charge in [-0.05, 0) is 76.2 Å². The molecule has 6 rings (SSSR count). The van der Waals surface area contributed by atoms with Crippen LogP contribution >= 0.6 is 0 Å². The first-order chi connectivity index (χ1) is 18.1. The Morgan fingerprint density at radius 1 is 1.05 bits per heavy atom. The summed E-state index contributed by atoms with van der Waals surface area (Å²) in [6.07, 6.45) is 19.3. The van der Waals surface area contributed by atoms with Crippen LogP contribution in [0.1, 0.15) is 33.5 Å². The average molecular weight is 507 g/mol. The van der Waals surface area contributed by atoms with Crippen molar-refractivity contribution >= 4 is 27.8 Å². The normalized spacial score (nSPS) is 18.9. The molecule has 0 spiro atoms. The van der Waals surface area contributed by atoms with Crippen molar-refractivity contribution in [2.45, 2.75) is 19.3 Å². The molecule has 5 heteroatoms. The topological polar surface area (TPSA) is 49.4 Å². The number of hydrogen-bond donors (Lipinski definition) is 1. The van der Waals surface area contributed by atoms with Crippen molar-refractivity contribution in [1.29, 1.82) is 0 Å². The number of para-hydroxylation sites is 1.